The van der Waals surface area contributed by atoms with E-state index in [0.717, 1.165) is 44.5 Å². The molecule has 184 valence electrons. The van der Waals surface area contributed by atoms with Gasteiger partial charge in [-0.2, -0.15) is 0 Å². The predicted molar refractivity (Wildman–Crippen MR) is 158 cm³/mol. The van der Waals surface area contributed by atoms with Crippen LogP contribution in [0.2, 0.25) is 0 Å². The average molecular weight is 512 g/mol. The molecule has 5 heteroatoms. The number of pyridine rings is 1. The van der Waals surface area contributed by atoms with Gasteiger partial charge in [0.25, 0.3) is 5.91 Å². The topological polar surface area (TPSA) is 54.9 Å². The molecule has 0 aliphatic carbocycles. The number of carbonyl (C=O) groups excluding carboxylic acids is 1. The Morgan fingerprint density at radius 1 is 0.684 bits per heavy atom. The highest BCUT2D eigenvalue weighted by molar-refractivity contribution is 7.14. The predicted octanol–water partition coefficient (Wildman–Crippen LogP) is 8.56. The fourth-order valence-corrected chi connectivity index (χ4v) is 5.39. The molecule has 0 aliphatic heterocycles. The van der Waals surface area contributed by atoms with Crippen LogP contribution in [-0.2, 0) is 0 Å². The summed E-state index contributed by atoms with van der Waals surface area (Å²) in [5.74, 6) is -0.185. The molecule has 2 aromatic heterocycles. The average Bonchev–Trinajstić information content (AvgIpc) is 3.42. The standard InChI is InChI=1S/C33H25N3OS/c1-21-12-14-26(15-13-21)31-22(2)30(27-10-6-7-11-28(27)34-31)32(37)36-33-35-29(20-38-33)25-18-16-24(17-19-25)23-8-4-3-5-9-23/h3-20H,1-2H3,(H,35,36,37). The zero-order chi connectivity index (χ0) is 26.1. The Bertz CT molecular complexity index is 1760. The van der Waals surface area contributed by atoms with E-state index in [2.05, 4.69) is 72.9 Å². The van der Waals surface area contributed by atoms with Crippen LogP contribution in [0.15, 0.2) is 109 Å². The van der Waals surface area contributed by atoms with Crippen LogP contribution in [0, 0.1) is 13.8 Å². The molecule has 0 radical (unpaired) electrons. The van der Waals surface area contributed by atoms with Crippen molar-refractivity contribution in [2.24, 2.45) is 0 Å². The molecular weight excluding hydrogens is 486 g/mol. The van der Waals surface area contributed by atoms with Crippen molar-refractivity contribution in [3.8, 4) is 33.6 Å². The lowest BCUT2D eigenvalue weighted by atomic mass is 9.97. The molecule has 0 spiro atoms. The van der Waals surface area contributed by atoms with Crippen molar-refractivity contribution < 1.29 is 4.79 Å². The minimum atomic E-state index is -0.185. The Kier molecular flexibility index (Phi) is 6.28. The number of thiazole rings is 1. The zero-order valence-corrected chi connectivity index (χ0v) is 21.9. The molecule has 0 atom stereocenters. The van der Waals surface area contributed by atoms with E-state index in [-0.39, 0.29) is 5.91 Å². The minimum absolute atomic E-state index is 0.185. The molecule has 4 aromatic carbocycles. The maximum absolute atomic E-state index is 13.7. The normalized spacial score (nSPS) is 11.0. The summed E-state index contributed by atoms with van der Waals surface area (Å²) in [6.07, 6.45) is 0. The zero-order valence-electron chi connectivity index (χ0n) is 21.1. The first-order valence-corrected chi connectivity index (χ1v) is 13.3. The number of nitrogens with one attached hydrogen (secondary N) is 1. The van der Waals surface area contributed by atoms with E-state index in [1.54, 1.807) is 0 Å². The molecule has 0 aliphatic rings. The SMILES string of the molecule is Cc1ccc(-c2nc3ccccc3c(C(=O)Nc3nc(-c4ccc(-c5ccccc5)cc4)cs3)c2C)cc1. The maximum atomic E-state index is 13.7. The van der Waals surface area contributed by atoms with Crippen molar-refractivity contribution in [2.45, 2.75) is 13.8 Å². The number of nitrogens with zero attached hydrogens (tertiary/aromatic N) is 2. The number of amides is 1. The molecule has 1 amide bonds. The Balaban J connectivity index is 1.30. The van der Waals surface area contributed by atoms with Crippen molar-refractivity contribution in [2.75, 3.05) is 5.32 Å². The third-order valence-electron chi connectivity index (χ3n) is 6.70. The van der Waals surface area contributed by atoms with Crippen LogP contribution in [0.4, 0.5) is 5.13 Å². The van der Waals surface area contributed by atoms with Gasteiger partial charge < -0.3 is 0 Å². The monoisotopic (exact) mass is 511 g/mol. The van der Waals surface area contributed by atoms with E-state index >= 15 is 0 Å². The van der Waals surface area contributed by atoms with Crippen LogP contribution in [-0.4, -0.2) is 15.9 Å². The fraction of sp³-hybridized carbons (Fsp3) is 0.0606. The number of hydrogen-bond donors (Lipinski definition) is 1. The maximum Gasteiger partial charge on any atom is 0.258 e. The second-order valence-electron chi connectivity index (χ2n) is 9.28. The number of benzene rings is 4. The molecule has 0 fully saturated rings. The number of fused-ring (bicyclic) bond motifs is 1. The highest BCUT2D eigenvalue weighted by Gasteiger charge is 2.20. The van der Waals surface area contributed by atoms with E-state index in [9.17, 15) is 4.79 Å². The summed E-state index contributed by atoms with van der Waals surface area (Å²) in [7, 11) is 0. The number of anilines is 1. The Morgan fingerprint density at radius 2 is 1.32 bits per heavy atom. The van der Waals surface area contributed by atoms with Gasteiger partial charge in [-0.25, -0.2) is 9.97 Å². The van der Waals surface area contributed by atoms with E-state index in [1.165, 1.54) is 22.5 Å². The highest BCUT2D eigenvalue weighted by atomic mass is 32.1. The summed E-state index contributed by atoms with van der Waals surface area (Å²) in [4.78, 5) is 23.3. The van der Waals surface area contributed by atoms with Gasteiger partial charge in [0.1, 0.15) is 0 Å². The summed E-state index contributed by atoms with van der Waals surface area (Å²) in [6, 6.07) is 34.6. The first-order chi connectivity index (χ1) is 18.6. The van der Waals surface area contributed by atoms with Crippen LogP contribution < -0.4 is 5.32 Å². The van der Waals surface area contributed by atoms with Gasteiger partial charge >= 0.3 is 0 Å². The van der Waals surface area contributed by atoms with Crippen molar-refractivity contribution in [1.29, 1.82) is 0 Å². The van der Waals surface area contributed by atoms with Crippen molar-refractivity contribution in [3.63, 3.8) is 0 Å². The van der Waals surface area contributed by atoms with Crippen LogP contribution >= 0.6 is 11.3 Å². The quantitative estimate of drug-likeness (QED) is 0.252. The van der Waals surface area contributed by atoms with E-state index in [0.29, 0.717) is 10.7 Å². The second kappa shape index (κ2) is 10.0. The van der Waals surface area contributed by atoms with Gasteiger partial charge in [-0.05, 0) is 36.6 Å². The second-order valence-corrected chi connectivity index (χ2v) is 10.1. The molecule has 6 aromatic rings. The van der Waals surface area contributed by atoms with Crippen LogP contribution in [0.3, 0.4) is 0 Å². The van der Waals surface area contributed by atoms with E-state index in [4.69, 9.17) is 9.97 Å². The third kappa shape index (κ3) is 4.60. The molecule has 38 heavy (non-hydrogen) atoms. The van der Waals surface area contributed by atoms with Crippen molar-refractivity contribution in [1.82, 2.24) is 9.97 Å². The molecular formula is C33H25N3OS. The fourth-order valence-electron chi connectivity index (χ4n) is 4.68. The lowest BCUT2D eigenvalue weighted by Crippen LogP contribution is -2.15. The van der Waals surface area contributed by atoms with Gasteiger partial charge in [0, 0.05) is 21.9 Å². The Hall–Kier alpha value is -4.61. The largest absolute Gasteiger partial charge is 0.298 e. The first kappa shape index (κ1) is 23.8. The number of para-hydroxylation sites is 1. The first-order valence-electron chi connectivity index (χ1n) is 12.5. The van der Waals surface area contributed by atoms with Gasteiger partial charge in [0.05, 0.1) is 22.5 Å². The summed E-state index contributed by atoms with van der Waals surface area (Å²) in [5.41, 5.74) is 9.41. The Morgan fingerprint density at radius 3 is 2.08 bits per heavy atom. The van der Waals surface area contributed by atoms with Gasteiger partial charge in [-0.1, -0.05) is 103 Å². The molecule has 0 saturated heterocycles. The molecule has 1 N–H and O–H groups in total. The van der Waals surface area contributed by atoms with Gasteiger partial charge in [0.15, 0.2) is 5.13 Å². The molecule has 0 unspecified atom stereocenters. The smallest absolute Gasteiger partial charge is 0.258 e. The van der Waals surface area contributed by atoms with Gasteiger partial charge in [-0.3, -0.25) is 10.1 Å². The molecule has 4 nitrogen and oxygen atoms in total. The Labute approximate surface area is 225 Å². The third-order valence-corrected chi connectivity index (χ3v) is 7.46. The number of hydrogen-bond acceptors (Lipinski definition) is 4. The number of aromatic nitrogens is 2. The summed E-state index contributed by atoms with van der Waals surface area (Å²) in [6.45, 7) is 4.02. The summed E-state index contributed by atoms with van der Waals surface area (Å²) in [5, 5.41) is 6.41. The number of rotatable bonds is 5. The van der Waals surface area contributed by atoms with Crippen LogP contribution in [0.25, 0.3) is 44.5 Å². The molecule has 2 heterocycles. The molecule has 0 saturated carbocycles. The van der Waals surface area contributed by atoms with Gasteiger partial charge in [0.2, 0.25) is 0 Å². The molecule has 6 rings (SSSR count). The van der Waals surface area contributed by atoms with Crippen LogP contribution in [0.1, 0.15) is 21.5 Å². The van der Waals surface area contributed by atoms with E-state index in [1.807, 2.05) is 54.8 Å². The lowest BCUT2D eigenvalue weighted by molar-refractivity contribution is 0.102. The highest BCUT2D eigenvalue weighted by Crippen LogP contribution is 2.32. The van der Waals surface area contributed by atoms with Crippen LogP contribution in [0.5, 0.6) is 0 Å². The molecule has 0 bridgehead atoms. The summed E-state index contributed by atoms with van der Waals surface area (Å²) < 4.78 is 0. The van der Waals surface area contributed by atoms with Gasteiger partial charge in [-0.15, -0.1) is 11.3 Å². The summed E-state index contributed by atoms with van der Waals surface area (Å²) >= 11 is 1.42. The van der Waals surface area contributed by atoms with Crippen molar-refractivity contribution in [3.05, 3.63) is 125 Å². The minimum Gasteiger partial charge on any atom is -0.298 e. The van der Waals surface area contributed by atoms with Crippen molar-refractivity contribution >= 4 is 33.3 Å². The number of aryl methyl sites for hydroxylation is 1. The number of carbonyl (C=O) groups is 1. The lowest BCUT2D eigenvalue weighted by Gasteiger charge is -2.14. The van der Waals surface area contributed by atoms with E-state index < -0.39 is 0 Å².